The minimum Gasteiger partial charge on any atom is -0.398 e. The number of nitro benzene ring substituents is 1. The van der Waals surface area contributed by atoms with Crippen molar-refractivity contribution in [3.63, 3.8) is 0 Å². The number of nitrogens with zero attached hydrogens (tertiary/aromatic N) is 2. The molecule has 1 aliphatic rings. The van der Waals surface area contributed by atoms with E-state index < -0.39 is 4.92 Å². The second-order valence-electron chi connectivity index (χ2n) is 4.17. The van der Waals surface area contributed by atoms with E-state index >= 15 is 0 Å². The zero-order valence-corrected chi connectivity index (χ0v) is 9.63. The van der Waals surface area contributed by atoms with Gasteiger partial charge in [0, 0.05) is 37.2 Å². The molecule has 6 nitrogen and oxygen atoms in total. The first kappa shape index (κ1) is 11.7. The predicted octanol–water partition coefficient (Wildman–Crippen LogP) is 1.40. The third kappa shape index (κ3) is 2.47. The lowest BCUT2D eigenvalue weighted by molar-refractivity contribution is -0.384. The van der Waals surface area contributed by atoms with Gasteiger partial charge in [0.2, 0.25) is 0 Å². The average Bonchev–Trinajstić information content (AvgIpc) is 2.80. The monoisotopic (exact) mass is 237 g/mol. The molecule has 92 valence electrons. The normalized spacial score (nSPS) is 19.2. The van der Waals surface area contributed by atoms with Crippen LogP contribution in [0.15, 0.2) is 18.2 Å². The van der Waals surface area contributed by atoms with Crippen molar-refractivity contribution in [3.05, 3.63) is 28.3 Å². The van der Waals surface area contributed by atoms with Gasteiger partial charge in [-0.1, -0.05) is 0 Å². The molecule has 1 fully saturated rings. The fourth-order valence-corrected chi connectivity index (χ4v) is 1.97. The molecule has 0 aromatic heterocycles. The van der Waals surface area contributed by atoms with Gasteiger partial charge in [0.25, 0.3) is 5.69 Å². The van der Waals surface area contributed by atoms with E-state index in [4.69, 9.17) is 10.5 Å². The summed E-state index contributed by atoms with van der Waals surface area (Å²) in [7, 11) is 1.90. The van der Waals surface area contributed by atoms with E-state index in [2.05, 4.69) is 0 Å². The summed E-state index contributed by atoms with van der Waals surface area (Å²) < 4.78 is 5.30. The molecule has 2 rings (SSSR count). The van der Waals surface area contributed by atoms with E-state index in [1.807, 2.05) is 11.9 Å². The zero-order chi connectivity index (χ0) is 12.4. The summed E-state index contributed by atoms with van der Waals surface area (Å²) >= 11 is 0. The highest BCUT2D eigenvalue weighted by atomic mass is 16.6. The molecule has 1 unspecified atom stereocenters. The number of hydrogen-bond acceptors (Lipinski definition) is 5. The Morgan fingerprint density at radius 2 is 2.29 bits per heavy atom. The predicted molar refractivity (Wildman–Crippen MR) is 65.1 cm³/mol. The van der Waals surface area contributed by atoms with Crippen LogP contribution in [0.1, 0.15) is 6.42 Å². The fourth-order valence-electron chi connectivity index (χ4n) is 1.97. The number of nitrogens with two attached hydrogens (primary N) is 1. The maximum atomic E-state index is 10.8. The van der Waals surface area contributed by atoms with Crippen LogP contribution < -0.4 is 10.6 Å². The van der Waals surface area contributed by atoms with Gasteiger partial charge in [-0.25, -0.2) is 0 Å². The summed E-state index contributed by atoms with van der Waals surface area (Å²) in [5.74, 6) is 0. The highest BCUT2D eigenvalue weighted by molar-refractivity contribution is 5.62. The lowest BCUT2D eigenvalue weighted by Crippen LogP contribution is -2.31. The largest absolute Gasteiger partial charge is 0.398 e. The SMILES string of the molecule is CN(c1cc(N)cc([N+](=O)[O-])c1)C1CCOC1. The molecule has 0 amide bonds. The average molecular weight is 237 g/mol. The van der Waals surface area contributed by atoms with Crippen molar-refractivity contribution < 1.29 is 9.66 Å². The highest BCUT2D eigenvalue weighted by Gasteiger charge is 2.22. The molecule has 0 saturated carbocycles. The third-order valence-corrected chi connectivity index (χ3v) is 3.00. The van der Waals surface area contributed by atoms with Gasteiger partial charge in [-0.05, 0) is 12.5 Å². The van der Waals surface area contributed by atoms with E-state index in [0.717, 1.165) is 18.7 Å². The van der Waals surface area contributed by atoms with Crippen molar-refractivity contribution in [1.29, 1.82) is 0 Å². The van der Waals surface area contributed by atoms with Crippen LogP contribution in [0.25, 0.3) is 0 Å². The molecule has 0 radical (unpaired) electrons. The first-order valence-electron chi connectivity index (χ1n) is 5.43. The highest BCUT2D eigenvalue weighted by Crippen LogP contribution is 2.27. The van der Waals surface area contributed by atoms with Gasteiger partial charge in [-0.15, -0.1) is 0 Å². The Kier molecular flexibility index (Phi) is 3.14. The van der Waals surface area contributed by atoms with Gasteiger partial charge in [-0.2, -0.15) is 0 Å². The topological polar surface area (TPSA) is 81.6 Å². The molecular weight excluding hydrogens is 222 g/mol. The van der Waals surface area contributed by atoms with Crippen LogP contribution in [-0.2, 0) is 4.74 Å². The number of benzene rings is 1. The van der Waals surface area contributed by atoms with Crippen molar-refractivity contribution in [2.24, 2.45) is 0 Å². The van der Waals surface area contributed by atoms with Crippen molar-refractivity contribution in [3.8, 4) is 0 Å². The van der Waals surface area contributed by atoms with Crippen LogP contribution in [0.4, 0.5) is 17.1 Å². The number of non-ortho nitro benzene ring substituents is 1. The second-order valence-corrected chi connectivity index (χ2v) is 4.17. The van der Waals surface area contributed by atoms with Crippen LogP contribution in [0, 0.1) is 10.1 Å². The van der Waals surface area contributed by atoms with Crippen molar-refractivity contribution in [2.75, 3.05) is 30.9 Å². The molecule has 1 aliphatic heterocycles. The van der Waals surface area contributed by atoms with Crippen LogP contribution in [0.5, 0.6) is 0 Å². The summed E-state index contributed by atoms with van der Waals surface area (Å²) in [5.41, 5.74) is 6.85. The molecule has 2 N–H and O–H groups in total. The lowest BCUT2D eigenvalue weighted by atomic mass is 10.2. The lowest BCUT2D eigenvalue weighted by Gasteiger charge is -2.25. The Bertz CT molecular complexity index is 430. The smallest absolute Gasteiger partial charge is 0.273 e. The second kappa shape index (κ2) is 4.58. The van der Waals surface area contributed by atoms with Gasteiger partial charge in [-0.3, -0.25) is 10.1 Å². The molecule has 0 aliphatic carbocycles. The van der Waals surface area contributed by atoms with E-state index in [-0.39, 0.29) is 11.7 Å². The number of anilines is 2. The molecule has 0 bridgehead atoms. The van der Waals surface area contributed by atoms with E-state index in [0.29, 0.717) is 12.3 Å². The Morgan fingerprint density at radius 3 is 2.88 bits per heavy atom. The minimum absolute atomic E-state index is 0.0192. The molecule has 17 heavy (non-hydrogen) atoms. The number of likely N-dealkylation sites (N-methyl/N-ethyl adjacent to an activating group) is 1. The maximum absolute atomic E-state index is 10.8. The molecule has 1 atom stereocenters. The van der Waals surface area contributed by atoms with Crippen LogP contribution in [0.3, 0.4) is 0 Å². The van der Waals surface area contributed by atoms with Gasteiger partial charge in [0.1, 0.15) is 0 Å². The number of nitro groups is 1. The standard InChI is InChI=1S/C11H15N3O3/c1-13(9-2-3-17-7-9)10-4-8(12)5-11(6-10)14(15)16/h4-6,9H,2-3,7,12H2,1H3. The third-order valence-electron chi connectivity index (χ3n) is 3.00. The minimum atomic E-state index is -0.432. The first-order chi connectivity index (χ1) is 8.08. The number of ether oxygens (including phenoxy) is 1. The van der Waals surface area contributed by atoms with Crippen LogP contribution >= 0.6 is 0 Å². The first-order valence-corrected chi connectivity index (χ1v) is 5.43. The number of nitrogen functional groups attached to an aromatic ring is 1. The summed E-state index contributed by atoms with van der Waals surface area (Å²) in [4.78, 5) is 12.3. The molecular formula is C11H15N3O3. The molecule has 1 aromatic rings. The van der Waals surface area contributed by atoms with Gasteiger partial charge < -0.3 is 15.4 Å². The molecule has 1 heterocycles. The summed E-state index contributed by atoms with van der Waals surface area (Å²) in [6.45, 7) is 1.39. The van der Waals surface area contributed by atoms with Gasteiger partial charge in [0.15, 0.2) is 0 Å². The Balaban J connectivity index is 2.27. The van der Waals surface area contributed by atoms with Crippen LogP contribution in [0.2, 0.25) is 0 Å². The van der Waals surface area contributed by atoms with Crippen molar-refractivity contribution >= 4 is 17.1 Å². The van der Waals surface area contributed by atoms with Crippen molar-refractivity contribution in [2.45, 2.75) is 12.5 Å². The van der Waals surface area contributed by atoms with E-state index in [9.17, 15) is 10.1 Å². The fraction of sp³-hybridized carbons (Fsp3) is 0.455. The summed E-state index contributed by atoms with van der Waals surface area (Å²) in [5, 5.41) is 10.8. The van der Waals surface area contributed by atoms with Crippen LogP contribution in [-0.4, -0.2) is 31.2 Å². The van der Waals surface area contributed by atoms with Gasteiger partial charge in [0.05, 0.1) is 17.6 Å². The molecule has 1 aromatic carbocycles. The summed E-state index contributed by atoms with van der Waals surface area (Å²) in [6.07, 6.45) is 0.930. The molecule has 0 spiro atoms. The number of rotatable bonds is 3. The quantitative estimate of drug-likeness (QED) is 0.488. The summed E-state index contributed by atoms with van der Waals surface area (Å²) in [6, 6.07) is 4.90. The molecule has 1 saturated heterocycles. The Labute approximate surface area is 99.1 Å². The molecule has 6 heteroatoms. The number of hydrogen-bond donors (Lipinski definition) is 1. The Morgan fingerprint density at radius 1 is 1.53 bits per heavy atom. The Hall–Kier alpha value is -1.82. The zero-order valence-electron chi connectivity index (χ0n) is 9.63. The van der Waals surface area contributed by atoms with Crippen molar-refractivity contribution in [1.82, 2.24) is 0 Å². The van der Waals surface area contributed by atoms with E-state index in [1.165, 1.54) is 12.1 Å². The maximum Gasteiger partial charge on any atom is 0.273 e. The van der Waals surface area contributed by atoms with E-state index in [1.54, 1.807) is 6.07 Å². The van der Waals surface area contributed by atoms with Gasteiger partial charge >= 0.3 is 0 Å².